The Kier molecular flexibility index (Phi) is 6.95. The summed E-state index contributed by atoms with van der Waals surface area (Å²) in [4.78, 5) is 37.0. The molecule has 0 N–H and O–H groups in total. The van der Waals surface area contributed by atoms with Gasteiger partial charge in [0.25, 0.3) is 0 Å². The number of carbonyl (C=O) groups is 3. The van der Waals surface area contributed by atoms with E-state index in [2.05, 4.69) is 0 Å². The summed E-state index contributed by atoms with van der Waals surface area (Å²) in [6, 6.07) is 4.35. The van der Waals surface area contributed by atoms with Crippen LogP contribution >= 0.6 is 0 Å². The molecule has 0 fully saturated rings. The summed E-state index contributed by atoms with van der Waals surface area (Å²) in [5.74, 6) is -2.16. The first-order chi connectivity index (χ1) is 11.1. The van der Waals surface area contributed by atoms with Crippen molar-refractivity contribution in [3.8, 4) is 0 Å². The van der Waals surface area contributed by atoms with Gasteiger partial charge in [-0.05, 0) is 53.7 Å². The van der Waals surface area contributed by atoms with E-state index in [1.807, 2.05) is 0 Å². The molecule has 1 rings (SSSR count). The number of ether oxygens (including phenoxy) is 3. The Morgan fingerprint density at radius 3 is 1.33 bits per heavy atom. The predicted molar refractivity (Wildman–Crippen MR) is 88.1 cm³/mol. The topological polar surface area (TPSA) is 78.9 Å². The van der Waals surface area contributed by atoms with E-state index < -0.39 is 24.0 Å². The molecule has 6 nitrogen and oxygen atoms in total. The van der Waals surface area contributed by atoms with Crippen LogP contribution in [0.5, 0.6) is 0 Å². The lowest BCUT2D eigenvalue weighted by atomic mass is 10.0. The Hall–Kier alpha value is -2.37. The summed E-state index contributed by atoms with van der Waals surface area (Å²) in [6.45, 7) is 10.1. The summed E-state index contributed by atoms with van der Waals surface area (Å²) in [7, 11) is 0. The van der Waals surface area contributed by atoms with Gasteiger partial charge >= 0.3 is 17.9 Å². The van der Waals surface area contributed by atoms with Gasteiger partial charge < -0.3 is 14.2 Å². The number of benzene rings is 1. The normalized spacial score (nSPS) is 10.9. The molecule has 0 saturated heterocycles. The molecule has 0 aliphatic rings. The highest BCUT2D eigenvalue weighted by Gasteiger charge is 2.28. The van der Waals surface area contributed by atoms with Crippen molar-refractivity contribution in [3.63, 3.8) is 0 Å². The van der Waals surface area contributed by atoms with E-state index in [4.69, 9.17) is 14.2 Å². The Labute approximate surface area is 142 Å². The molecule has 0 unspecified atom stereocenters. The SMILES string of the molecule is CC(C)OC(=O)c1cccc(C(=O)OC(C)C)c1C(=O)OC(C)C. The van der Waals surface area contributed by atoms with Crippen LogP contribution in [0.4, 0.5) is 0 Å². The molecule has 0 aliphatic heterocycles. The minimum absolute atomic E-state index is 0.0208. The molecule has 0 spiro atoms. The van der Waals surface area contributed by atoms with Crippen molar-refractivity contribution in [2.45, 2.75) is 59.9 Å². The molecule has 0 aromatic heterocycles. The summed E-state index contributed by atoms with van der Waals surface area (Å²) in [5, 5.41) is 0. The van der Waals surface area contributed by atoms with E-state index in [0.717, 1.165) is 0 Å². The van der Waals surface area contributed by atoms with Gasteiger partial charge in [0.1, 0.15) is 0 Å². The van der Waals surface area contributed by atoms with E-state index in [1.165, 1.54) is 18.2 Å². The number of rotatable bonds is 6. The van der Waals surface area contributed by atoms with Gasteiger partial charge in [-0.1, -0.05) is 6.07 Å². The number of hydrogen-bond acceptors (Lipinski definition) is 6. The first-order valence-electron chi connectivity index (χ1n) is 7.89. The molecule has 6 heteroatoms. The molecule has 0 aliphatic carbocycles. The maximum absolute atomic E-state index is 12.4. The smallest absolute Gasteiger partial charge is 0.340 e. The fraction of sp³-hybridized carbons (Fsp3) is 0.500. The Morgan fingerprint density at radius 1 is 0.667 bits per heavy atom. The Balaban J connectivity index is 3.40. The standard InChI is InChI=1S/C18H24O6/c1-10(2)22-16(19)13-8-7-9-14(17(20)23-11(3)4)15(13)18(21)24-12(5)6/h7-12H,1-6H3. The van der Waals surface area contributed by atoms with Crippen LogP contribution < -0.4 is 0 Å². The van der Waals surface area contributed by atoms with Crippen molar-refractivity contribution < 1.29 is 28.6 Å². The lowest BCUT2D eigenvalue weighted by molar-refractivity contribution is 0.0307. The second-order valence-corrected chi connectivity index (χ2v) is 6.09. The van der Waals surface area contributed by atoms with Crippen LogP contribution in [0.1, 0.15) is 72.6 Å². The van der Waals surface area contributed by atoms with Crippen molar-refractivity contribution in [3.05, 3.63) is 34.9 Å². The third kappa shape index (κ3) is 5.37. The van der Waals surface area contributed by atoms with E-state index >= 15 is 0 Å². The van der Waals surface area contributed by atoms with E-state index in [1.54, 1.807) is 41.5 Å². The number of esters is 3. The summed E-state index contributed by atoms with van der Waals surface area (Å²) >= 11 is 0. The second kappa shape index (κ2) is 8.47. The van der Waals surface area contributed by atoms with Gasteiger partial charge in [-0.2, -0.15) is 0 Å². The summed E-state index contributed by atoms with van der Waals surface area (Å²) < 4.78 is 15.5. The Bertz CT molecular complexity index is 576. The monoisotopic (exact) mass is 336 g/mol. The average molecular weight is 336 g/mol. The summed E-state index contributed by atoms with van der Waals surface area (Å²) in [6.07, 6.45) is -1.13. The third-order valence-electron chi connectivity index (χ3n) is 2.74. The van der Waals surface area contributed by atoms with Crippen LogP contribution in [0, 0.1) is 0 Å². The molecule has 1 aromatic rings. The van der Waals surface area contributed by atoms with Crippen LogP contribution in [0.25, 0.3) is 0 Å². The molecule has 0 heterocycles. The van der Waals surface area contributed by atoms with Crippen molar-refractivity contribution in [2.24, 2.45) is 0 Å². The third-order valence-corrected chi connectivity index (χ3v) is 2.74. The minimum atomic E-state index is -0.767. The van der Waals surface area contributed by atoms with Gasteiger partial charge in [0.2, 0.25) is 0 Å². The highest BCUT2D eigenvalue weighted by atomic mass is 16.6. The predicted octanol–water partition coefficient (Wildman–Crippen LogP) is 3.38. The first kappa shape index (κ1) is 19.7. The maximum Gasteiger partial charge on any atom is 0.340 e. The molecule has 0 amide bonds. The number of hydrogen-bond donors (Lipinski definition) is 0. The van der Waals surface area contributed by atoms with Gasteiger partial charge in [0, 0.05) is 0 Å². The van der Waals surface area contributed by atoms with Crippen molar-refractivity contribution >= 4 is 17.9 Å². The summed E-state index contributed by atoms with van der Waals surface area (Å²) in [5.41, 5.74) is -0.178. The average Bonchev–Trinajstić information content (AvgIpc) is 2.44. The second-order valence-electron chi connectivity index (χ2n) is 6.09. The molecule has 132 valence electrons. The highest BCUT2D eigenvalue weighted by molar-refractivity contribution is 6.10. The van der Waals surface area contributed by atoms with E-state index in [9.17, 15) is 14.4 Å². The number of carbonyl (C=O) groups excluding carboxylic acids is 3. The van der Waals surface area contributed by atoms with Crippen LogP contribution in [-0.4, -0.2) is 36.2 Å². The van der Waals surface area contributed by atoms with E-state index in [0.29, 0.717) is 0 Å². The van der Waals surface area contributed by atoms with Gasteiger partial charge in [-0.3, -0.25) is 0 Å². The van der Waals surface area contributed by atoms with Gasteiger partial charge in [0.15, 0.2) is 0 Å². The zero-order chi connectivity index (χ0) is 18.4. The Morgan fingerprint density at radius 2 is 1.00 bits per heavy atom. The first-order valence-corrected chi connectivity index (χ1v) is 7.89. The quantitative estimate of drug-likeness (QED) is 0.585. The van der Waals surface area contributed by atoms with Crippen LogP contribution in [0.15, 0.2) is 18.2 Å². The molecule has 0 atom stereocenters. The maximum atomic E-state index is 12.4. The molecule has 1 aromatic carbocycles. The minimum Gasteiger partial charge on any atom is -0.459 e. The molecule has 0 radical (unpaired) electrons. The van der Waals surface area contributed by atoms with Gasteiger partial charge in [-0.15, -0.1) is 0 Å². The molecule has 0 saturated carbocycles. The van der Waals surface area contributed by atoms with Gasteiger partial charge in [0.05, 0.1) is 35.0 Å². The fourth-order valence-corrected chi connectivity index (χ4v) is 1.94. The van der Waals surface area contributed by atoms with Crippen molar-refractivity contribution in [1.82, 2.24) is 0 Å². The van der Waals surface area contributed by atoms with Gasteiger partial charge in [-0.25, -0.2) is 14.4 Å². The largest absolute Gasteiger partial charge is 0.459 e. The molecular weight excluding hydrogens is 312 g/mol. The van der Waals surface area contributed by atoms with Crippen molar-refractivity contribution in [1.29, 1.82) is 0 Å². The zero-order valence-electron chi connectivity index (χ0n) is 14.9. The molecule has 0 bridgehead atoms. The zero-order valence-corrected chi connectivity index (χ0v) is 14.9. The highest BCUT2D eigenvalue weighted by Crippen LogP contribution is 2.20. The molecular formula is C18H24O6. The lowest BCUT2D eigenvalue weighted by Crippen LogP contribution is -2.23. The van der Waals surface area contributed by atoms with Crippen molar-refractivity contribution in [2.75, 3.05) is 0 Å². The molecule has 24 heavy (non-hydrogen) atoms. The van der Waals surface area contributed by atoms with Crippen LogP contribution in [0.3, 0.4) is 0 Å². The van der Waals surface area contributed by atoms with Crippen LogP contribution in [-0.2, 0) is 14.2 Å². The van der Waals surface area contributed by atoms with Crippen LogP contribution in [0.2, 0.25) is 0 Å². The lowest BCUT2D eigenvalue weighted by Gasteiger charge is -2.16. The fourth-order valence-electron chi connectivity index (χ4n) is 1.94. The van der Waals surface area contributed by atoms with E-state index in [-0.39, 0.29) is 28.9 Å².